The number of hydrogen-bond acceptors (Lipinski definition) is 2. The van der Waals surface area contributed by atoms with Gasteiger partial charge in [0, 0.05) is 6.07 Å². The number of nitrogen functional groups attached to an aromatic ring is 1. The molecule has 0 aliphatic heterocycles. The molecular weight excluding hydrogens is 159 g/mol. The molecule has 0 bridgehead atoms. The lowest BCUT2D eigenvalue weighted by atomic mass is 10.2. The van der Waals surface area contributed by atoms with Crippen LogP contribution in [0.4, 0.5) is 18.9 Å². The summed E-state index contributed by atoms with van der Waals surface area (Å²) in [4.78, 5) is 0. The molecule has 3 N–H and O–H groups in total. The molecule has 0 spiro atoms. The van der Waals surface area contributed by atoms with Crippen LogP contribution < -0.4 is 5.73 Å². The third kappa shape index (κ3) is 1.09. The SMILES string of the molecule is Nc1c(O)c(F)cc(F)c1F. The van der Waals surface area contributed by atoms with E-state index in [0.717, 1.165) is 0 Å². The van der Waals surface area contributed by atoms with Crippen molar-refractivity contribution in [1.82, 2.24) is 0 Å². The summed E-state index contributed by atoms with van der Waals surface area (Å²) in [5.41, 5.74) is 3.86. The van der Waals surface area contributed by atoms with E-state index in [-0.39, 0.29) is 6.07 Å². The lowest BCUT2D eigenvalue weighted by Gasteiger charge is -2.01. The highest BCUT2D eigenvalue weighted by Crippen LogP contribution is 2.27. The standard InChI is InChI=1S/C6H4F3NO/c7-2-1-3(8)6(11)5(10)4(2)9/h1,11H,10H2. The molecule has 5 heteroatoms. The zero-order valence-electron chi connectivity index (χ0n) is 5.24. The minimum Gasteiger partial charge on any atom is -0.503 e. The molecule has 1 aromatic rings. The number of anilines is 1. The predicted molar refractivity (Wildman–Crippen MR) is 32.4 cm³/mol. The molecule has 0 atom stereocenters. The van der Waals surface area contributed by atoms with Gasteiger partial charge in [-0.25, -0.2) is 13.2 Å². The molecule has 60 valence electrons. The van der Waals surface area contributed by atoms with Crippen LogP contribution in [-0.4, -0.2) is 5.11 Å². The van der Waals surface area contributed by atoms with Crippen molar-refractivity contribution in [3.63, 3.8) is 0 Å². The maximum Gasteiger partial charge on any atom is 0.185 e. The summed E-state index contributed by atoms with van der Waals surface area (Å²) in [7, 11) is 0. The summed E-state index contributed by atoms with van der Waals surface area (Å²) < 4.78 is 36.8. The molecule has 0 aromatic heterocycles. The van der Waals surface area contributed by atoms with Crippen molar-refractivity contribution in [3.05, 3.63) is 23.5 Å². The molecule has 1 rings (SSSR count). The second-order valence-electron chi connectivity index (χ2n) is 1.92. The van der Waals surface area contributed by atoms with Gasteiger partial charge in [-0.2, -0.15) is 0 Å². The highest BCUT2D eigenvalue weighted by molar-refractivity contribution is 5.53. The lowest BCUT2D eigenvalue weighted by molar-refractivity contribution is 0.417. The Morgan fingerprint density at radius 2 is 1.73 bits per heavy atom. The second-order valence-corrected chi connectivity index (χ2v) is 1.92. The van der Waals surface area contributed by atoms with E-state index in [1.165, 1.54) is 0 Å². The summed E-state index contributed by atoms with van der Waals surface area (Å²) in [5.74, 6) is -5.20. The van der Waals surface area contributed by atoms with Gasteiger partial charge in [0.2, 0.25) is 0 Å². The molecule has 2 nitrogen and oxygen atoms in total. The summed E-state index contributed by atoms with van der Waals surface area (Å²) in [6, 6.07) is 0.223. The van der Waals surface area contributed by atoms with E-state index in [4.69, 9.17) is 10.8 Å². The quantitative estimate of drug-likeness (QED) is 0.345. The van der Waals surface area contributed by atoms with Crippen molar-refractivity contribution < 1.29 is 18.3 Å². The first-order chi connectivity index (χ1) is 5.04. The van der Waals surface area contributed by atoms with Gasteiger partial charge < -0.3 is 10.8 Å². The van der Waals surface area contributed by atoms with Gasteiger partial charge in [-0.05, 0) is 0 Å². The van der Waals surface area contributed by atoms with E-state index in [9.17, 15) is 13.2 Å². The number of nitrogens with two attached hydrogens (primary N) is 1. The average molecular weight is 163 g/mol. The van der Waals surface area contributed by atoms with Crippen LogP contribution in [0.2, 0.25) is 0 Å². The van der Waals surface area contributed by atoms with Gasteiger partial charge in [0.1, 0.15) is 5.69 Å². The Hall–Kier alpha value is -1.39. The Morgan fingerprint density at radius 3 is 2.27 bits per heavy atom. The zero-order valence-corrected chi connectivity index (χ0v) is 5.24. The van der Waals surface area contributed by atoms with Crippen molar-refractivity contribution in [2.45, 2.75) is 0 Å². The molecule has 0 aliphatic rings. The molecule has 0 heterocycles. The van der Waals surface area contributed by atoms with Gasteiger partial charge in [-0.3, -0.25) is 0 Å². The second kappa shape index (κ2) is 2.34. The number of hydrogen-bond donors (Lipinski definition) is 2. The van der Waals surface area contributed by atoms with Crippen LogP contribution in [0.3, 0.4) is 0 Å². The number of aromatic hydroxyl groups is 1. The molecule has 1 aromatic carbocycles. The van der Waals surface area contributed by atoms with E-state index < -0.39 is 28.9 Å². The van der Waals surface area contributed by atoms with Crippen molar-refractivity contribution in [1.29, 1.82) is 0 Å². The highest BCUT2D eigenvalue weighted by atomic mass is 19.2. The Labute approximate surface area is 60.1 Å². The largest absolute Gasteiger partial charge is 0.503 e. The molecule has 11 heavy (non-hydrogen) atoms. The van der Waals surface area contributed by atoms with Crippen LogP contribution in [0.25, 0.3) is 0 Å². The maximum absolute atomic E-state index is 12.3. The van der Waals surface area contributed by atoms with Gasteiger partial charge in [0.25, 0.3) is 0 Å². The minimum atomic E-state index is -1.44. The third-order valence-electron chi connectivity index (χ3n) is 1.18. The van der Waals surface area contributed by atoms with E-state index in [0.29, 0.717) is 0 Å². The number of phenolic OH excluding ortho intramolecular Hbond substituents is 1. The van der Waals surface area contributed by atoms with Crippen LogP contribution in [0.1, 0.15) is 0 Å². The molecule has 0 unspecified atom stereocenters. The van der Waals surface area contributed by atoms with E-state index >= 15 is 0 Å². The van der Waals surface area contributed by atoms with Crippen molar-refractivity contribution in [2.24, 2.45) is 0 Å². The normalized spacial score (nSPS) is 10.1. The maximum atomic E-state index is 12.3. The van der Waals surface area contributed by atoms with Crippen molar-refractivity contribution in [3.8, 4) is 5.75 Å². The first kappa shape index (κ1) is 7.71. The lowest BCUT2D eigenvalue weighted by Crippen LogP contribution is -1.96. The zero-order chi connectivity index (χ0) is 8.59. The van der Waals surface area contributed by atoms with Gasteiger partial charge >= 0.3 is 0 Å². The first-order valence-electron chi connectivity index (χ1n) is 2.66. The Morgan fingerprint density at radius 1 is 1.18 bits per heavy atom. The van der Waals surface area contributed by atoms with Gasteiger partial charge in [-0.1, -0.05) is 0 Å². The van der Waals surface area contributed by atoms with Gasteiger partial charge in [-0.15, -0.1) is 0 Å². The number of benzene rings is 1. The molecule has 0 fully saturated rings. The minimum absolute atomic E-state index is 0.223. The molecule has 0 aliphatic carbocycles. The van der Waals surface area contributed by atoms with E-state index in [2.05, 4.69) is 0 Å². The van der Waals surface area contributed by atoms with Crippen LogP contribution in [0.15, 0.2) is 6.07 Å². The van der Waals surface area contributed by atoms with Crippen LogP contribution in [-0.2, 0) is 0 Å². The predicted octanol–water partition coefficient (Wildman–Crippen LogP) is 1.39. The average Bonchev–Trinajstić information content (AvgIpc) is 1.97. The van der Waals surface area contributed by atoms with Crippen molar-refractivity contribution in [2.75, 3.05) is 5.73 Å². The number of phenols is 1. The van der Waals surface area contributed by atoms with Crippen LogP contribution >= 0.6 is 0 Å². The Kier molecular flexibility index (Phi) is 1.64. The molecular formula is C6H4F3NO. The summed E-state index contributed by atoms with van der Waals surface area (Å²) in [5, 5.41) is 8.60. The molecule has 0 saturated heterocycles. The smallest absolute Gasteiger partial charge is 0.185 e. The molecule has 0 saturated carbocycles. The topological polar surface area (TPSA) is 46.2 Å². The van der Waals surface area contributed by atoms with Crippen LogP contribution in [0, 0.1) is 17.5 Å². The summed E-state index contributed by atoms with van der Waals surface area (Å²) in [6.07, 6.45) is 0. The van der Waals surface area contributed by atoms with Crippen LogP contribution in [0.5, 0.6) is 5.75 Å². The van der Waals surface area contributed by atoms with Gasteiger partial charge in [0.05, 0.1) is 0 Å². The number of rotatable bonds is 0. The summed E-state index contributed by atoms with van der Waals surface area (Å²) >= 11 is 0. The third-order valence-corrected chi connectivity index (χ3v) is 1.18. The monoisotopic (exact) mass is 163 g/mol. The summed E-state index contributed by atoms with van der Waals surface area (Å²) in [6.45, 7) is 0. The Balaban J connectivity index is 3.46. The van der Waals surface area contributed by atoms with Crippen molar-refractivity contribution >= 4 is 5.69 Å². The Bertz CT molecular complexity index is 274. The fraction of sp³-hybridized carbons (Fsp3) is 0. The van der Waals surface area contributed by atoms with Gasteiger partial charge in [0.15, 0.2) is 23.2 Å². The highest BCUT2D eigenvalue weighted by Gasteiger charge is 2.14. The first-order valence-corrected chi connectivity index (χ1v) is 2.66. The van der Waals surface area contributed by atoms with E-state index in [1.807, 2.05) is 0 Å². The fourth-order valence-electron chi connectivity index (χ4n) is 0.604. The molecule has 0 radical (unpaired) electrons. The number of halogens is 3. The fourth-order valence-corrected chi connectivity index (χ4v) is 0.604. The van der Waals surface area contributed by atoms with E-state index in [1.54, 1.807) is 0 Å². The molecule has 0 amide bonds.